The van der Waals surface area contributed by atoms with Gasteiger partial charge in [-0.15, -0.1) is 0 Å². The van der Waals surface area contributed by atoms with Crippen LogP contribution in [0.4, 0.5) is 0 Å². The normalized spacial score (nSPS) is 12.9. The summed E-state index contributed by atoms with van der Waals surface area (Å²) in [5, 5.41) is 5.19. The van der Waals surface area contributed by atoms with Crippen molar-refractivity contribution < 1.29 is 13.2 Å². The predicted octanol–water partition coefficient (Wildman–Crippen LogP) is 2.45. The molecule has 0 heterocycles. The molecule has 21 heavy (non-hydrogen) atoms. The van der Waals surface area contributed by atoms with Crippen molar-refractivity contribution in [3.8, 4) is 5.75 Å². The monoisotopic (exact) mass is 305 g/mol. The molecule has 0 spiro atoms. The Morgan fingerprint density at radius 3 is 2.29 bits per heavy atom. The first-order chi connectivity index (χ1) is 9.96. The first-order valence-corrected chi connectivity index (χ1v) is 8.41. The van der Waals surface area contributed by atoms with Crippen LogP contribution in [0.2, 0.25) is 0 Å². The van der Waals surface area contributed by atoms with E-state index < -0.39 is 10.0 Å². The van der Waals surface area contributed by atoms with Crippen LogP contribution in [0.5, 0.6) is 5.75 Å². The largest absolute Gasteiger partial charge is 0.493 e. The molecule has 0 aliphatic carbocycles. The molecule has 0 fully saturated rings. The smallest absolute Gasteiger partial charge is 0.209 e. The summed E-state index contributed by atoms with van der Waals surface area (Å²) in [6.07, 6.45) is 0. The number of para-hydroxylation sites is 1. The number of hydrogen-bond acceptors (Lipinski definition) is 3. The van der Waals surface area contributed by atoms with Gasteiger partial charge in [0.15, 0.2) is 0 Å². The third kappa shape index (κ3) is 4.88. The van der Waals surface area contributed by atoms with Gasteiger partial charge in [-0.25, -0.2) is 13.6 Å². The van der Waals surface area contributed by atoms with Crippen LogP contribution in [0, 0.1) is 6.92 Å². The number of benzene rings is 2. The van der Waals surface area contributed by atoms with E-state index in [2.05, 4.69) is 0 Å². The second-order valence-electron chi connectivity index (χ2n) is 5.01. The first-order valence-electron chi connectivity index (χ1n) is 6.69. The Morgan fingerprint density at radius 1 is 1.05 bits per heavy atom. The Kier molecular flexibility index (Phi) is 4.98. The van der Waals surface area contributed by atoms with Gasteiger partial charge in [0.1, 0.15) is 5.75 Å². The van der Waals surface area contributed by atoms with Crippen LogP contribution in [0.1, 0.15) is 17.0 Å². The second kappa shape index (κ2) is 6.74. The topological polar surface area (TPSA) is 69.4 Å². The molecule has 112 valence electrons. The number of rotatable bonds is 6. The van der Waals surface area contributed by atoms with Gasteiger partial charge < -0.3 is 4.74 Å². The summed E-state index contributed by atoms with van der Waals surface area (Å²) in [7, 11) is -3.57. The molecule has 0 saturated carbocycles. The highest BCUT2D eigenvalue weighted by molar-refractivity contribution is 7.89. The van der Waals surface area contributed by atoms with Crippen LogP contribution < -0.4 is 9.88 Å². The van der Waals surface area contributed by atoms with Gasteiger partial charge in [0.2, 0.25) is 10.0 Å². The highest BCUT2D eigenvalue weighted by Gasteiger charge is 2.19. The summed E-state index contributed by atoms with van der Waals surface area (Å²) in [6.45, 7) is 2.22. The molecule has 1 atom stereocenters. The molecule has 0 amide bonds. The molecular weight excluding hydrogens is 286 g/mol. The van der Waals surface area contributed by atoms with Gasteiger partial charge in [0.05, 0.1) is 12.4 Å². The molecule has 2 N–H and O–H groups in total. The molecule has 2 rings (SSSR count). The van der Waals surface area contributed by atoms with Crippen molar-refractivity contribution in [2.45, 2.75) is 12.8 Å². The average Bonchev–Trinajstić information content (AvgIpc) is 2.45. The zero-order valence-corrected chi connectivity index (χ0v) is 12.7. The SMILES string of the molecule is Cc1ccccc1OCC(CS(N)(=O)=O)c1ccccc1. The minimum absolute atomic E-state index is 0.136. The van der Waals surface area contributed by atoms with Crippen molar-refractivity contribution >= 4 is 10.0 Å². The first kappa shape index (κ1) is 15.5. The summed E-state index contributed by atoms with van der Waals surface area (Å²) in [4.78, 5) is 0. The minimum Gasteiger partial charge on any atom is -0.493 e. The molecule has 0 aromatic heterocycles. The van der Waals surface area contributed by atoms with E-state index in [4.69, 9.17) is 9.88 Å². The molecule has 1 unspecified atom stereocenters. The number of primary sulfonamides is 1. The van der Waals surface area contributed by atoms with E-state index in [1.807, 2.05) is 61.5 Å². The molecule has 0 radical (unpaired) electrons. The molecule has 2 aromatic carbocycles. The number of ether oxygens (including phenoxy) is 1. The molecule has 2 aromatic rings. The van der Waals surface area contributed by atoms with E-state index in [0.717, 1.165) is 16.9 Å². The van der Waals surface area contributed by atoms with Crippen molar-refractivity contribution in [1.29, 1.82) is 0 Å². The number of nitrogens with two attached hydrogens (primary N) is 1. The Balaban J connectivity index is 2.15. The lowest BCUT2D eigenvalue weighted by Gasteiger charge is -2.18. The van der Waals surface area contributed by atoms with E-state index in [-0.39, 0.29) is 18.3 Å². The van der Waals surface area contributed by atoms with Crippen molar-refractivity contribution in [3.63, 3.8) is 0 Å². The van der Waals surface area contributed by atoms with Gasteiger partial charge in [-0.1, -0.05) is 48.5 Å². The molecule has 4 nitrogen and oxygen atoms in total. The lowest BCUT2D eigenvalue weighted by molar-refractivity contribution is 0.294. The molecule has 0 saturated heterocycles. The Labute approximate surface area is 125 Å². The lowest BCUT2D eigenvalue weighted by atomic mass is 10.0. The fourth-order valence-electron chi connectivity index (χ4n) is 2.15. The predicted molar refractivity (Wildman–Crippen MR) is 83.8 cm³/mol. The summed E-state index contributed by atoms with van der Waals surface area (Å²) < 4.78 is 28.6. The third-order valence-corrected chi connectivity index (χ3v) is 4.11. The lowest BCUT2D eigenvalue weighted by Crippen LogP contribution is -2.25. The van der Waals surface area contributed by atoms with E-state index in [0.29, 0.717) is 0 Å². The van der Waals surface area contributed by atoms with Crippen LogP contribution in [0.25, 0.3) is 0 Å². The van der Waals surface area contributed by atoms with Crippen LogP contribution in [-0.4, -0.2) is 20.8 Å². The maximum Gasteiger partial charge on any atom is 0.209 e. The fourth-order valence-corrected chi connectivity index (χ4v) is 3.00. The van der Waals surface area contributed by atoms with Gasteiger partial charge in [-0.05, 0) is 24.1 Å². The van der Waals surface area contributed by atoms with Crippen molar-refractivity contribution in [2.24, 2.45) is 5.14 Å². The quantitative estimate of drug-likeness (QED) is 0.891. The van der Waals surface area contributed by atoms with Crippen LogP contribution >= 0.6 is 0 Å². The van der Waals surface area contributed by atoms with E-state index in [1.54, 1.807) is 0 Å². The summed E-state index contributed by atoms with van der Waals surface area (Å²) >= 11 is 0. The Morgan fingerprint density at radius 2 is 1.67 bits per heavy atom. The van der Waals surface area contributed by atoms with Gasteiger partial charge in [-0.2, -0.15) is 0 Å². The maximum absolute atomic E-state index is 11.4. The standard InChI is InChI=1S/C16H19NO3S/c1-13-7-5-6-10-16(13)20-11-15(12-21(17,18)19)14-8-3-2-4-9-14/h2-10,15H,11-12H2,1H3,(H2,17,18,19). The van der Waals surface area contributed by atoms with Crippen LogP contribution in [0.3, 0.4) is 0 Å². The Bertz CT molecular complexity index is 684. The summed E-state index contributed by atoms with van der Waals surface area (Å²) in [5.41, 5.74) is 1.92. The zero-order valence-electron chi connectivity index (χ0n) is 11.9. The number of hydrogen-bond donors (Lipinski definition) is 1. The van der Waals surface area contributed by atoms with E-state index >= 15 is 0 Å². The molecule has 0 aliphatic heterocycles. The summed E-state index contributed by atoms with van der Waals surface area (Å²) in [6, 6.07) is 17.0. The third-order valence-electron chi connectivity index (χ3n) is 3.24. The maximum atomic E-state index is 11.4. The van der Waals surface area contributed by atoms with Crippen molar-refractivity contribution in [2.75, 3.05) is 12.4 Å². The number of sulfonamides is 1. The van der Waals surface area contributed by atoms with Crippen molar-refractivity contribution in [1.82, 2.24) is 0 Å². The molecular formula is C16H19NO3S. The van der Waals surface area contributed by atoms with Crippen LogP contribution in [0.15, 0.2) is 54.6 Å². The second-order valence-corrected chi connectivity index (χ2v) is 6.67. The van der Waals surface area contributed by atoms with Gasteiger partial charge in [0.25, 0.3) is 0 Å². The van der Waals surface area contributed by atoms with Crippen LogP contribution in [-0.2, 0) is 10.0 Å². The molecule has 0 bridgehead atoms. The molecule has 5 heteroatoms. The van der Waals surface area contributed by atoms with Gasteiger partial charge >= 0.3 is 0 Å². The van der Waals surface area contributed by atoms with Crippen molar-refractivity contribution in [3.05, 3.63) is 65.7 Å². The number of aryl methyl sites for hydroxylation is 1. The van der Waals surface area contributed by atoms with E-state index in [9.17, 15) is 8.42 Å². The van der Waals surface area contributed by atoms with Gasteiger partial charge in [-0.3, -0.25) is 0 Å². The highest BCUT2D eigenvalue weighted by atomic mass is 32.2. The fraction of sp³-hybridized carbons (Fsp3) is 0.250. The highest BCUT2D eigenvalue weighted by Crippen LogP contribution is 2.22. The summed E-state index contributed by atoms with van der Waals surface area (Å²) in [5.74, 6) is 0.330. The molecule has 0 aliphatic rings. The Hall–Kier alpha value is -1.85. The average molecular weight is 305 g/mol. The zero-order chi connectivity index (χ0) is 15.3. The van der Waals surface area contributed by atoms with Gasteiger partial charge in [0, 0.05) is 5.92 Å². The van der Waals surface area contributed by atoms with E-state index in [1.165, 1.54) is 0 Å². The minimum atomic E-state index is -3.57.